The Morgan fingerprint density at radius 1 is 1.48 bits per heavy atom. The first-order valence-electron chi connectivity index (χ1n) is 7.35. The third-order valence-corrected chi connectivity index (χ3v) is 3.59. The molecule has 0 saturated carbocycles. The SMILES string of the molecule is CCC(C(=O)Nc1ncnn1C(C)(C)C)N1CCCC1=O. The summed E-state index contributed by atoms with van der Waals surface area (Å²) in [5.41, 5.74) is -0.274. The predicted molar refractivity (Wildman–Crippen MR) is 78.7 cm³/mol. The van der Waals surface area contributed by atoms with Crippen LogP contribution in [-0.4, -0.2) is 44.1 Å². The van der Waals surface area contributed by atoms with Gasteiger partial charge in [0.2, 0.25) is 17.8 Å². The molecule has 7 nitrogen and oxygen atoms in total. The number of likely N-dealkylation sites (tertiary alicyclic amines) is 1. The fourth-order valence-electron chi connectivity index (χ4n) is 2.56. The minimum absolute atomic E-state index is 0.0503. The molecule has 2 heterocycles. The van der Waals surface area contributed by atoms with Crippen molar-refractivity contribution in [2.75, 3.05) is 11.9 Å². The topological polar surface area (TPSA) is 80.1 Å². The lowest BCUT2D eigenvalue weighted by Gasteiger charge is -2.26. The molecule has 1 aromatic rings. The lowest BCUT2D eigenvalue weighted by atomic mass is 10.1. The molecule has 1 saturated heterocycles. The Labute approximate surface area is 124 Å². The van der Waals surface area contributed by atoms with Crippen molar-refractivity contribution in [1.82, 2.24) is 19.7 Å². The fourth-order valence-corrected chi connectivity index (χ4v) is 2.56. The minimum Gasteiger partial charge on any atom is -0.331 e. The monoisotopic (exact) mass is 293 g/mol. The molecule has 21 heavy (non-hydrogen) atoms. The van der Waals surface area contributed by atoms with E-state index in [0.717, 1.165) is 6.42 Å². The molecule has 1 atom stereocenters. The van der Waals surface area contributed by atoms with Crippen LogP contribution < -0.4 is 5.32 Å². The first kappa shape index (κ1) is 15.5. The van der Waals surface area contributed by atoms with E-state index in [1.165, 1.54) is 6.33 Å². The number of carbonyl (C=O) groups is 2. The van der Waals surface area contributed by atoms with Crippen LogP contribution in [0.2, 0.25) is 0 Å². The van der Waals surface area contributed by atoms with Crippen molar-refractivity contribution in [2.45, 2.75) is 58.5 Å². The van der Waals surface area contributed by atoms with Crippen LogP contribution in [0.5, 0.6) is 0 Å². The summed E-state index contributed by atoms with van der Waals surface area (Å²) in [6.45, 7) is 8.51. The standard InChI is InChI=1S/C14H23N5O2/c1-5-10(18-8-6-7-11(18)20)12(21)17-13-15-9-16-19(13)14(2,3)4/h9-10H,5-8H2,1-4H3,(H,15,16,17,21). The van der Waals surface area contributed by atoms with E-state index < -0.39 is 6.04 Å². The van der Waals surface area contributed by atoms with E-state index in [1.807, 2.05) is 27.7 Å². The number of amides is 2. The van der Waals surface area contributed by atoms with Gasteiger partial charge in [-0.1, -0.05) is 6.92 Å². The quantitative estimate of drug-likeness (QED) is 0.909. The molecule has 0 spiro atoms. The van der Waals surface area contributed by atoms with Gasteiger partial charge in [-0.05, 0) is 33.6 Å². The van der Waals surface area contributed by atoms with Gasteiger partial charge in [-0.3, -0.25) is 14.9 Å². The lowest BCUT2D eigenvalue weighted by Crippen LogP contribution is -2.45. The van der Waals surface area contributed by atoms with Crippen molar-refractivity contribution in [3.63, 3.8) is 0 Å². The maximum absolute atomic E-state index is 12.5. The van der Waals surface area contributed by atoms with Gasteiger partial charge >= 0.3 is 0 Å². The normalized spacial score (nSPS) is 17.1. The molecule has 1 fully saturated rings. The molecule has 116 valence electrons. The van der Waals surface area contributed by atoms with E-state index in [1.54, 1.807) is 9.58 Å². The highest BCUT2D eigenvalue weighted by Gasteiger charge is 2.32. The van der Waals surface area contributed by atoms with Crippen molar-refractivity contribution in [3.05, 3.63) is 6.33 Å². The van der Waals surface area contributed by atoms with Gasteiger partial charge in [-0.25, -0.2) is 4.68 Å². The highest BCUT2D eigenvalue weighted by molar-refractivity contribution is 5.96. The molecule has 2 amide bonds. The van der Waals surface area contributed by atoms with E-state index in [4.69, 9.17) is 0 Å². The number of rotatable bonds is 4. The van der Waals surface area contributed by atoms with E-state index >= 15 is 0 Å². The Balaban J connectivity index is 2.13. The lowest BCUT2D eigenvalue weighted by molar-refractivity contribution is -0.135. The summed E-state index contributed by atoms with van der Waals surface area (Å²) in [5, 5.41) is 6.95. The van der Waals surface area contributed by atoms with Gasteiger partial charge in [0.1, 0.15) is 12.4 Å². The second-order valence-corrected chi connectivity index (χ2v) is 6.27. The smallest absolute Gasteiger partial charge is 0.249 e. The summed E-state index contributed by atoms with van der Waals surface area (Å²) < 4.78 is 1.67. The van der Waals surface area contributed by atoms with E-state index in [2.05, 4.69) is 15.4 Å². The molecule has 1 unspecified atom stereocenters. The number of aromatic nitrogens is 3. The maximum Gasteiger partial charge on any atom is 0.249 e. The number of hydrogen-bond acceptors (Lipinski definition) is 4. The van der Waals surface area contributed by atoms with Crippen molar-refractivity contribution < 1.29 is 9.59 Å². The van der Waals surface area contributed by atoms with Crippen LogP contribution >= 0.6 is 0 Å². The maximum atomic E-state index is 12.5. The van der Waals surface area contributed by atoms with Gasteiger partial charge in [-0.15, -0.1) is 0 Å². The molecular formula is C14H23N5O2. The van der Waals surface area contributed by atoms with Crippen LogP contribution in [0.15, 0.2) is 6.33 Å². The van der Waals surface area contributed by atoms with Crippen LogP contribution in [0.3, 0.4) is 0 Å². The minimum atomic E-state index is -0.440. The molecule has 1 N–H and O–H groups in total. The second-order valence-electron chi connectivity index (χ2n) is 6.27. The average molecular weight is 293 g/mol. The molecule has 1 aromatic heterocycles. The number of hydrogen-bond donors (Lipinski definition) is 1. The van der Waals surface area contributed by atoms with Crippen molar-refractivity contribution in [1.29, 1.82) is 0 Å². The van der Waals surface area contributed by atoms with Gasteiger partial charge in [-0.2, -0.15) is 10.1 Å². The Kier molecular flexibility index (Phi) is 4.29. The van der Waals surface area contributed by atoms with Gasteiger partial charge in [0.25, 0.3) is 0 Å². The summed E-state index contributed by atoms with van der Waals surface area (Å²) in [7, 11) is 0. The molecule has 1 aliphatic heterocycles. The van der Waals surface area contributed by atoms with Crippen molar-refractivity contribution >= 4 is 17.8 Å². The molecule has 2 rings (SSSR count). The van der Waals surface area contributed by atoms with Crippen LogP contribution in [0, 0.1) is 0 Å². The second kappa shape index (κ2) is 5.83. The molecule has 0 bridgehead atoms. The van der Waals surface area contributed by atoms with E-state index in [-0.39, 0.29) is 17.4 Å². The zero-order valence-corrected chi connectivity index (χ0v) is 13.1. The fraction of sp³-hybridized carbons (Fsp3) is 0.714. The number of nitrogens with zero attached hydrogens (tertiary/aromatic N) is 4. The Morgan fingerprint density at radius 2 is 2.19 bits per heavy atom. The zero-order valence-electron chi connectivity index (χ0n) is 13.1. The van der Waals surface area contributed by atoms with E-state index in [0.29, 0.717) is 25.3 Å². The van der Waals surface area contributed by atoms with Crippen LogP contribution in [-0.2, 0) is 15.1 Å². The number of carbonyl (C=O) groups excluding carboxylic acids is 2. The average Bonchev–Trinajstić information content (AvgIpc) is 3.00. The number of nitrogens with one attached hydrogen (secondary N) is 1. The molecular weight excluding hydrogens is 270 g/mol. The van der Waals surface area contributed by atoms with Gasteiger partial charge in [0.15, 0.2) is 0 Å². The third kappa shape index (κ3) is 3.22. The highest BCUT2D eigenvalue weighted by atomic mass is 16.2. The summed E-state index contributed by atoms with van der Waals surface area (Å²) in [6, 6.07) is -0.440. The van der Waals surface area contributed by atoms with Crippen LogP contribution in [0.1, 0.15) is 47.0 Å². The van der Waals surface area contributed by atoms with Gasteiger partial charge in [0, 0.05) is 13.0 Å². The molecule has 0 radical (unpaired) electrons. The Bertz CT molecular complexity index is 532. The highest BCUT2D eigenvalue weighted by Crippen LogP contribution is 2.20. The van der Waals surface area contributed by atoms with Crippen molar-refractivity contribution in [2.24, 2.45) is 0 Å². The molecule has 1 aliphatic rings. The summed E-state index contributed by atoms with van der Waals surface area (Å²) in [6.07, 6.45) is 3.35. The van der Waals surface area contributed by atoms with E-state index in [9.17, 15) is 9.59 Å². The van der Waals surface area contributed by atoms with Crippen molar-refractivity contribution in [3.8, 4) is 0 Å². The Hall–Kier alpha value is -1.92. The first-order chi connectivity index (χ1) is 9.84. The third-order valence-electron chi connectivity index (χ3n) is 3.59. The molecule has 0 aromatic carbocycles. The molecule has 0 aliphatic carbocycles. The summed E-state index contributed by atoms with van der Waals surface area (Å²) >= 11 is 0. The first-order valence-corrected chi connectivity index (χ1v) is 7.35. The van der Waals surface area contributed by atoms with Gasteiger partial charge < -0.3 is 4.90 Å². The zero-order chi connectivity index (χ0) is 15.6. The largest absolute Gasteiger partial charge is 0.331 e. The Morgan fingerprint density at radius 3 is 2.71 bits per heavy atom. The molecule has 7 heteroatoms. The predicted octanol–water partition coefficient (Wildman–Crippen LogP) is 1.37. The summed E-state index contributed by atoms with van der Waals surface area (Å²) in [5.74, 6) is 0.262. The number of anilines is 1. The van der Waals surface area contributed by atoms with Crippen LogP contribution in [0.4, 0.5) is 5.95 Å². The summed E-state index contributed by atoms with van der Waals surface area (Å²) in [4.78, 5) is 30.0. The van der Waals surface area contributed by atoms with Crippen LogP contribution in [0.25, 0.3) is 0 Å². The van der Waals surface area contributed by atoms with Gasteiger partial charge in [0.05, 0.1) is 5.54 Å².